The van der Waals surface area contributed by atoms with Crippen LogP contribution in [0.25, 0.3) is 0 Å². The zero-order valence-electron chi connectivity index (χ0n) is 33.1. The number of halogens is 2. The number of carbonyl (C=O) groups excluding carboxylic acids is 5. The summed E-state index contributed by atoms with van der Waals surface area (Å²) in [5.41, 5.74) is -2.01. The van der Waals surface area contributed by atoms with Crippen LogP contribution in [0.4, 0.5) is 18.8 Å². The Balaban J connectivity index is 0. The van der Waals surface area contributed by atoms with Gasteiger partial charge in [0.05, 0.1) is 0 Å². The fourth-order valence-electron chi connectivity index (χ4n) is 4.17. The Morgan fingerprint density at radius 3 is 1.52 bits per heavy atom. The number of hydrogen-bond acceptors (Lipinski definition) is 9. The van der Waals surface area contributed by atoms with Gasteiger partial charge in [-0.1, -0.05) is 25.7 Å². The molecule has 0 radical (unpaired) electrons. The molecule has 304 valence electrons. The van der Waals surface area contributed by atoms with Crippen molar-refractivity contribution in [2.75, 3.05) is 32.7 Å². The molecule has 17 heteroatoms. The quantitative estimate of drug-likeness (QED) is 0.0307. The van der Waals surface area contributed by atoms with E-state index >= 15 is 0 Å². The van der Waals surface area contributed by atoms with Gasteiger partial charge in [-0.05, 0) is 114 Å². The summed E-state index contributed by atoms with van der Waals surface area (Å²) in [6.45, 7) is 20.0. The lowest BCUT2D eigenvalue weighted by Gasteiger charge is -2.22. The smallest absolute Gasteiger partial charge is 0.437 e. The van der Waals surface area contributed by atoms with Crippen LogP contribution >= 0.6 is 12.4 Å². The van der Waals surface area contributed by atoms with Gasteiger partial charge in [0.25, 0.3) is 18.0 Å². The maximum atomic E-state index is 14.3. The summed E-state index contributed by atoms with van der Waals surface area (Å²) >= 11 is 0. The van der Waals surface area contributed by atoms with Crippen LogP contribution in [-0.2, 0) is 23.8 Å². The van der Waals surface area contributed by atoms with E-state index in [-0.39, 0.29) is 37.5 Å². The molecule has 0 saturated heterocycles. The summed E-state index contributed by atoms with van der Waals surface area (Å²) in [6, 6.07) is -0.0495. The second kappa shape index (κ2) is 26.4. The van der Waals surface area contributed by atoms with Crippen molar-refractivity contribution in [1.29, 1.82) is 0 Å². The largest absolute Gasteiger partial charge is 0.444 e. The fourth-order valence-corrected chi connectivity index (χ4v) is 4.17. The molecule has 0 aliphatic carbocycles. The van der Waals surface area contributed by atoms with Crippen LogP contribution in [0.15, 0.2) is 4.99 Å². The fraction of sp³-hybridized carbons (Fsp3) is 0.829. The Kier molecular flexibility index (Phi) is 25.7. The molecule has 0 bridgehead atoms. The van der Waals surface area contributed by atoms with E-state index in [1.54, 1.807) is 41.5 Å². The van der Waals surface area contributed by atoms with Crippen LogP contribution in [0.2, 0.25) is 0 Å². The molecule has 52 heavy (non-hydrogen) atoms. The number of alkyl halides is 1. The van der Waals surface area contributed by atoms with Gasteiger partial charge in [-0.15, -0.1) is 17.4 Å². The van der Waals surface area contributed by atoms with Crippen molar-refractivity contribution < 1.29 is 42.6 Å². The van der Waals surface area contributed by atoms with Crippen molar-refractivity contribution in [1.82, 2.24) is 31.9 Å². The molecule has 0 fully saturated rings. The molecule has 0 aromatic heterocycles. The SMILES string of the molecule is CC(CCNCCCCNC(=O)C(F)C(=O)NCCCCCCCCN/C(=N/C(=O)OC(C)(C)C)NC(=O)OC(C)(C)C)NC(=O)OC(C)(C)C.Cl. The number of nitrogens with zero attached hydrogens (tertiary/aromatic N) is 1. The van der Waals surface area contributed by atoms with Crippen molar-refractivity contribution in [3.8, 4) is 0 Å². The summed E-state index contributed by atoms with van der Waals surface area (Å²) in [5.74, 6) is -1.95. The number of rotatable bonds is 20. The van der Waals surface area contributed by atoms with Gasteiger partial charge in [-0.3, -0.25) is 14.9 Å². The maximum Gasteiger partial charge on any atom is 0.437 e. The molecular weight excluding hydrogens is 701 g/mol. The second-order valence-electron chi connectivity index (χ2n) is 15.4. The normalized spacial score (nSPS) is 13.1. The van der Waals surface area contributed by atoms with Crippen molar-refractivity contribution >= 4 is 48.5 Å². The molecule has 0 spiro atoms. The molecule has 0 aromatic rings. The first-order valence-corrected chi connectivity index (χ1v) is 18.0. The van der Waals surface area contributed by atoms with Gasteiger partial charge in [0.1, 0.15) is 16.8 Å². The predicted octanol–water partition coefficient (Wildman–Crippen LogP) is 5.40. The first kappa shape index (κ1) is 50.7. The highest BCUT2D eigenvalue weighted by molar-refractivity contribution is 6.03. The molecule has 0 heterocycles. The summed E-state index contributed by atoms with van der Waals surface area (Å²) in [7, 11) is 0. The van der Waals surface area contributed by atoms with Gasteiger partial charge in [0, 0.05) is 25.7 Å². The lowest BCUT2D eigenvalue weighted by atomic mass is 10.1. The van der Waals surface area contributed by atoms with Gasteiger partial charge in [-0.2, -0.15) is 0 Å². The van der Waals surface area contributed by atoms with Gasteiger partial charge >= 0.3 is 18.3 Å². The summed E-state index contributed by atoms with van der Waals surface area (Å²) in [4.78, 5) is 64.0. The number of ether oxygens (including phenoxy) is 3. The Morgan fingerprint density at radius 1 is 0.596 bits per heavy atom. The number of nitrogens with one attached hydrogen (secondary N) is 6. The molecule has 0 rings (SSSR count). The molecular formula is C35H67ClFN7O8. The number of guanidine groups is 1. The number of amides is 5. The molecule has 0 saturated carbocycles. The molecule has 0 aliphatic rings. The monoisotopic (exact) mass is 767 g/mol. The molecule has 15 nitrogen and oxygen atoms in total. The summed E-state index contributed by atoms with van der Waals surface area (Å²) < 4.78 is 29.9. The Morgan fingerprint density at radius 2 is 1.02 bits per heavy atom. The summed E-state index contributed by atoms with van der Waals surface area (Å²) in [5, 5.41) is 16.4. The number of alkyl carbamates (subject to hydrolysis) is 2. The second-order valence-corrected chi connectivity index (χ2v) is 15.4. The first-order chi connectivity index (χ1) is 23.6. The lowest BCUT2D eigenvalue weighted by molar-refractivity contribution is -0.136. The zero-order valence-corrected chi connectivity index (χ0v) is 33.9. The highest BCUT2D eigenvalue weighted by Gasteiger charge is 2.25. The van der Waals surface area contributed by atoms with E-state index in [2.05, 4.69) is 36.9 Å². The third kappa shape index (κ3) is 31.3. The molecule has 2 atom stereocenters. The van der Waals surface area contributed by atoms with Crippen LogP contribution in [0.3, 0.4) is 0 Å². The van der Waals surface area contributed by atoms with Crippen molar-refractivity contribution in [2.24, 2.45) is 4.99 Å². The van der Waals surface area contributed by atoms with E-state index in [4.69, 9.17) is 14.2 Å². The van der Waals surface area contributed by atoms with Gasteiger partial charge in [0.2, 0.25) is 5.96 Å². The number of carbonyl (C=O) groups is 5. The van der Waals surface area contributed by atoms with Gasteiger partial charge in [-0.25, -0.2) is 18.8 Å². The Hall–Kier alpha value is -3.40. The highest BCUT2D eigenvalue weighted by Crippen LogP contribution is 2.10. The molecule has 0 aliphatic heterocycles. The van der Waals surface area contributed by atoms with Gasteiger partial charge < -0.3 is 40.8 Å². The standard InChI is InChI=1S/C35H66FN7O8.ClH/c1-25(41-30(46)49-33(2,3)4)19-24-37-20-17-18-22-39-28(45)26(36)27(44)38-21-15-13-11-12-14-16-23-40-29(42-31(47)50-34(5,6)7)43-32(48)51-35(8,9)10;/h25-26,37H,11-24H2,1-10H3,(H,38,44)(H,39,45)(H,41,46)(H2,40,42,43,47,48);1H. The minimum atomic E-state index is -2.26. The van der Waals surface area contributed by atoms with Crippen molar-refractivity contribution in [3.05, 3.63) is 0 Å². The van der Waals surface area contributed by atoms with Crippen LogP contribution in [0, 0.1) is 0 Å². The average molecular weight is 768 g/mol. The van der Waals surface area contributed by atoms with Gasteiger partial charge in [0.15, 0.2) is 0 Å². The predicted molar refractivity (Wildman–Crippen MR) is 202 cm³/mol. The van der Waals surface area contributed by atoms with E-state index < -0.39 is 53.1 Å². The minimum absolute atomic E-state index is 0. The third-order valence-electron chi connectivity index (χ3n) is 6.47. The maximum absolute atomic E-state index is 14.3. The highest BCUT2D eigenvalue weighted by atomic mass is 35.5. The number of unbranched alkanes of at least 4 members (excludes halogenated alkanes) is 6. The Labute approximate surface area is 316 Å². The van der Waals surface area contributed by atoms with Crippen LogP contribution in [-0.4, -0.2) is 97.8 Å². The minimum Gasteiger partial charge on any atom is -0.444 e. The topological polar surface area (TPSA) is 198 Å². The molecule has 5 amide bonds. The number of aliphatic imine (C=N–C) groups is 1. The van der Waals surface area contributed by atoms with Crippen LogP contribution in [0.1, 0.15) is 127 Å². The Bertz CT molecular complexity index is 1110. The van der Waals surface area contributed by atoms with E-state index in [9.17, 15) is 28.4 Å². The lowest BCUT2D eigenvalue weighted by Crippen LogP contribution is -2.44. The third-order valence-corrected chi connectivity index (χ3v) is 6.47. The van der Waals surface area contributed by atoms with E-state index in [1.165, 1.54) is 0 Å². The molecule has 0 aromatic carbocycles. The number of hydrogen-bond donors (Lipinski definition) is 6. The average Bonchev–Trinajstić information content (AvgIpc) is 2.95. The molecule has 2 unspecified atom stereocenters. The van der Waals surface area contributed by atoms with Crippen LogP contribution in [0.5, 0.6) is 0 Å². The summed E-state index contributed by atoms with van der Waals surface area (Å²) in [6.07, 6.45) is 2.65. The van der Waals surface area contributed by atoms with Crippen LogP contribution < -0.4 is 31.9 Å². The zero-order chi connectivity index (χ0) is 39.1. The van der Waals surface area contributed by atoms with Crippen molar-refractivity contribution in [2.45, 2.75) is 156 Å². The van der Waals surface area contributed by atoms with E-state index in [0.717, 1.165) is 44.9 Å². The van der Waals surface area contributed by atoms with E-state index in [0.29, 0.717) is 32.5 Å². The molecule has 6 N–H and O–H groups in total. The van der Waals surface area contributed by atoms with E-state index in [1.807, 2.05) is 27.7 Å². The van der Waals surface area contributed by atoms with Crippen molar-refractivity contribution in [3.63, 3.8) is 0 Å². The first-order valence-electron chi connectivity index (χ1n) is 18.0.